The summed E-state index contributed by atoms with van der Waals surface area (Å²) in [4.78, 5) is 27.6. The van der Waals surface area contributed by atoms with Gasteiger partial charge in [-0.3, -0.25) is 9.78 Å². The molecule has 0 bridgehead atoms. The van der Waals surface area contributed by atoms with Gasteiger partial charge in [0.25, 0.3) is 0 Å². The van der Waals surface area contributed by atoms with Crippen molar-refractivity contribution < 1.29 is 23.1 Å². The largest absolute Gasteiger partial charge is 0.478 e. The van der Waals surface area contributed by atoms with Crippen molar-refractivity contribution in [3.8, 4) is 0 Å². The molecule has 1 heterocycles. The number of amides is 1. The summed E-state index contributed by atoms with van der Waals surface area (Å²) in [6.45, 7) is 0.0662. The van der Waals surface area contributed by atoms with Gasteiger partial charge < -0.3 is 10.0 Å². The lowest BCUT2D eigenvalue weighted by Crippen LogP contribution is -2.36. The van der Waals surface area contributed by atoms with E-state index in [1.165, 1.54) is 11.9 Å². The summed E-state index contributed by atoms with van der Waals surface area (Å²) in [6.07, 6.45) is 4.73. The van der Waals surface area contributed by atoms with E-state index in [1.54, 1.807) is 24.5 Å². The van der Waals surface area contributed by atoms with Crippen LogP contribution in [-0.2, 0) is 26.2 Å². The van der Waals surface area contributed by atoms with Crippen LogP contribution in [0.25, 0.3) is 0 Å². The van der Waals surface area contributed by atoms with Gasteiger partial charge in [-0.15, -0.1) is 0 Å². The monoisotopic (exact) mass is 327 g/mol. The molecule has 0 atom stereocenters. The van der Waals surface area contributed by atoms with Crippen LogP contribution in [0.15, 0.2) is 36.7 Å². The molecule has 0 unspecified atom stereocenters. The molecule has 8 nitrogen and oxygen atoms in total. The van der Waals surface area contributed by atoms with E-state index in [0.717, 1.165) is 6.08 Å². The Balaban J connectivity index is 2.84. The maximum atomic E-state index is 12.0. The van der Waals surface area contributed by atoms with Gasteiger partial charge >= 0.3 is 5.97 Å². The van der Waals surface area contributed by atoms with Gasteiger partial charge in [0.2, 0.25) is 15.9 Å². The molecule has 0 aliphatic carbocycles. The molecule has 1 amide bonds. The maximum Gasteiger partial charge on any atom is 0.328 e. The average Bonchev–Trinajstić information content (AvgIpc) is 2.50. The van der Waals surface area contributed by atoms with Crippen LogP contribution in [0.4, 0.5) is 0 Å². The zero-order valence-electron chi connectivity index (χ0n) is 12.0. The number of carboxylic acid groups (broad SMARTS) is 1. The topological polar surface area (TPSA) is 117 Å². The fraction of sp³-hybridized carbons (Fsp3) is 0.308. The smallest absolute Gasteiger partial charge is 0.328 e. The molecule has 120 valence electrons. The van der Waals surface area contributed by atoms with Crippen LogP contribution >= 0.6 is 0 Å². The molecule has 0 aliphatic rings. The van der Waals surface area contributed by atoms with E-state index in [-0.39, 0.29) is 18.8 Å². The Morgan fingerprint density at radius 2 is 2.14 bits per heavy atom. The van der Waals surface area contributed by atoms with Gasteiger partial charge in [-0.25, -0.2) is 17.9 Å². The molecule has 1 aromatic rings. The SMILES string of the molecule is CNS(=O)(=O)CCN(Cc1cccnc1)C(=O)/C=C/C(=O)O. The van der Waals surface area contributed by atoms with Crippen molar-refractivity contribution in [1.29, 1.82) is 0 Å². The van der Waals surface area contributed by atoms with Crippen LogP contribution in [0.1, 0.15) is 5.56 Å². The molecule has 0 saturated heterocycles. The number of nitrogens with one attached hydrogen (secondary N) is 1. The number of nitrogens with zero attached hydrogens (tertiary/aromatic N) is 2. The van der Waals surface area contributed by atoms with Gasteiger partial charge in [0.1, 0.15) is 0 Å². The minimum absolute atomic E-state index is 0.0686. The summed E-state index contributed by atoms with van der Waals surface area (Å²) in [5.74, 6) is -2.12. The molecule has 1 aromatic heterocycles. The molecular formula is C13H17N3O5S. The van der Waals surface area contributed by atoms with Gasteiger partial charge in [-0.2, -0.15) is 0 Å². The van der Waals surface area contributed by atoms with Gasteiger partial charge in [0.15, 0.2) is 0 Å². The second-order valence-corrected chi connectivity index (χ2v) is 6.36. The number of sulfonamides is 1. The molecule has 1 rings (SSSR count). The number of aromatic nitrogens is 1. The summed E-state index contributed by atoms with van der Waals surface area (Å²) in [6, 6.07) is 3.43. The molecule has 0 fully saturated rings. The molecule has 0 spiro atoms. The van der Waals surface area contributed by atoms with Crippen molar-refractivity contribution in [3.05, 3.63) is 42.2 Å². The minimum Gasteiger partial charge on any atom is -0.478 e. The fourth-order valence-corrected chi connectivity index (χ4v) is 2.22. The van der Waals surface area contributed by atoms with Crippen molar-refractivity contribution in [2.24, 2.45) is 0 Å². The number of pyridine rings is 1. The quantitative estimate of drug-likeness (QED) is 0.628. The molecule has 9 heteroatoms. The van der Waals surface area contributed by atoms with Crippen LogP contribution in [0.2, 0.25) is 0 Å². The molecular weight excluding hydrogens is 310 g/mol. The lowest BCUT2D eigenvalue weighted by molar-refractivity contribution is -0.132. The highest BCUT2D eigenvalue weighted by Gasteiger charge is 2.16. The maximum absolute atomic E-state index is 12.0. The van der Waals surface area contributed by atoms with E-state index in [2.05, 4.69) is 9.71 Å². The predicted molar refractivity (Wildman–Crippen MR) is 79.3 cm³/mol. The zero-order chi connectivity index (χ0) is 16.6. The Labute approximate surface area is 128 Å². The normalized spacial score (nSPS) is 11.5. The molecule has 22 heavy (non-hydrogen) atoms. The van der Waals surface area contributed by atoms with Crippen molar-refractivity contribution in [1.82, 2.24) is 14.6 Å². The third kappa shape index (κ3) is 6.46. The van der Waals surface area contributed by atoms with E-state index >= 15 is 0 Å². The average molecular weight is 327 g/mol. The first-order valence-electron chi connectivity index (χ1n) is 6.34. The van der Waals surface area contributed by atoms with Gasteiger partial charge in [0.05, 0.1) is 5.75 Å². The van der Waals surface area contributed by atoms with E-state index in [9.17, 15) is 18.0 Å². The van der Waals surface area contributed by atoms with Crippen LogP contribution in [-0.4, -0.2) is 54.6 Å². The highest BCUT2D eigenvalue weighted by molar-refractivity contribution is 7.89. The molecule has 0 aliphatic heterocycles. The lowest BCUT2D eigenvalue weighted by Gasteiger charge is -2.21. The summed E-state index contributed by atoms with van der Waals surface area (Å²) >= 11 is 0. The van der Waals surface area contributed by atoms with E-state index in [0.29, 0.717) is 11.6 Å². The number of hydrogen-bond donors (Lipinski definition) is 2. The predicted octanol–water partition coefficient (Wildman–Crippen LogP) is -0.400. The Bertz CT molecular complexity index is 643. The zero-order valence-corrected chi connectivity index (χ0v) is 12.8. The standard InChI is InChI=1S/C13H17N3O5S/c1-14-22(20,21)8-7-16(12(17)4-5-13(18)19)10-11-3-2-6-15-9-11/h2-6,9,14H,7-8,10H2,1H3,(H,18,19)/b5-4+. The summed E-state index contributed by atoms with van der Waals surface area (Å²) < 4.78 is 25.1. The number of carbonyl (C=O) groups is 2. The second kappa shape index (κ2) is 8.25. The Kier molecular flexibility index (Phi) is 6.67. The van der Waals surface area contributed by atoms with Crippen molar-refractivity contribution >= 4 is 21.9 Å². The van der Waals surface area contributed by atoms with Crippen molar-refractivity contribution in [3.63, 3.8) is 0 Å². The Morgan fingerprint density at radius 1 is 1.41 bits per heavy atom. The van der Waals surface area contributed by atoms with Crippen LogP contribution in [0.3, 0.4) is 0 Å². The summed E-state index contributed by atoms with van der Waals surface area (Å²) in [5.41, 5.74) is 0.710. The molecule has 0 aromatic carbocycles. The Morgan fingerprint density at radius 3 is 2.68 bits per heavy atom. The number of aliphatic carboxylic acids is 1. The Hall–Kier alpha value is -2.26. The highest BCUT2D eigenvalue weighted by Crippen LogP contribution is 2.04. The van der Waals surface area contributed by atoms with Crippen molar-refractivity contribution in [2.75, 3.05) is 19.3 Å². The van der Waals surface area contributed by atoms with E-state index in [1.807, 2.05) is 0 Å². The van der Waals surface area contributed by atoms with Crippen molar-refractivity contribution in [2.45, 2.75) is 6.54 Å². The lowest BCUT2D eigenvalue weighted by atomic mass is 10.2. The van der Waals surface area contributed by atoms with E-state index in [4.69, 9.17) is 5.11 Å². The van der Waals surface area contributed by atoms with Gasteiger partial charge in [-0.05, 0) is 18.7 Å². The van der Waals surface area contributed by atoms with Crippen LogP contribution < -0.4 is 4.72 Å². The second-order valence-electron chi connectivity index (χ2n) is 4.32. The van der Waals surface area contributed by atoms with Gasteiger partial charge in [0, 0.05) is 37.6 Å². The van der Waals surface area contributed by atoms with Crippen LogP contribution in [0, 0.1) is 0 Å². The summed E-state index contributed by atoms with van der Waals surface area (Å²) in [5, 5.41) is 8.56. The first-order chi connectivity index (χ1) is 10.3. The third-order valence-corrected chi connectivity index (χ3v) is 4.06. The summed E-state index contributed by atoms with van der Waals surface area (Å²) in [7, 11) is -2.19. The fourth-order valence-electron chi connectivity index (χ4n) is 1.56. The van der Waals surface area contributed by atoms with Gasteiger partial charge in [-0.1, -0.05) is 6.07 Å². The first kappa shape index (κ1) is 17.8. The molecule has 0 saturated carbocycles. The number of hydrogen-bond acceptors (Lipinski definition) is 5. The number of rotatable bonds is 8. The first-order valence-corrected chi connectivity index (χ1v) is 7.99. The molecule has 2 N–H and O–H groups in total. The number of carbonyl (C=O) groups excluding carboxylic acids is 1. The molecule has 0 radical (unpaired) electrons. The van der Waals surface area contributed by atoms with Crippen LogP contribution in [0.5, 0.6) is 0 Å². The highest BCUT2D eigenvalue weighted by atomic mass is 32.2. The third-order valence-electron chi connectivity index (χ3n) is 2.72. The number of carboxylic acids is 1. The van der Waals surface area contributed by atoms with E-state index < -0.39 is 21.9 Å². The minimum atomic E-state index is -3.47.